The maximum atomic E-state index is 12.1. The second-order valence-electron chi connectivity index (χ2n) is 4.84. The van der Waals surface area contributed by atoms with E-state index in [1.165, 1.54) is 19.5 Å². The lowest BCUT2D eigenvalue weighted by Gasteiger charge is -2.16. The summed E-state index contributed by atoms with van der Waals surface area (Å²) in [6, 6.07) is 7.39. The average Bonchev–Trinajstić information content (AvgIpc) is 2.55. The minimum Gasteiger partial charge on any atom is -0.495 e. The van der Waals surface area contributed by atoms with Crippen molar-refractivity contribution in [3.63, 3.8) is 0 Å². The molecule has 0 radical (unpaired) electrons. The normalized spacial score (nSPS) is 11.6. The van der Waals surface area contributed by atoms with Gasteiger partial charge in [-0.3, -0.25) is 14.6 Å². The number of hydrogen-bond acceptors (Lipinski definition) is 4. The lowest BCUT2D eigenvalue weighted by atomic mass is 10.0. The Balaban J connectivity index is 2.12. The Labute approximate surface area is 138 Å². The van der Waals surface area contributed by atoms with Gasteiger partial charge in [0, 0.05) is 24.4 Å². The summed E-state index contributed by atoms with van der Waals surface area (Å²) in [7, 11) is 1.52. The van der Waals surface area contributed by atoms with E-state index >= 15 is 0 Å². The Kier molecular flexibility index (Phi) is 5.54. The molecule has 0 saturated carbocycles. The standard InChI is InChI=1S/C16H16ClN3O3/c1-23-14-3-2-10(8-12(14)17)9-13(15(18)21)20-16(22)11-4-6-19-7-5-11/h2-8,13H,9H2,1H3,(H2,18,21)(H,20,22)/t13-/m1/s1. The number of nitrogens with one attached hydrogen (secondary N) is 1. The van der Waals surface area contributed by atoms with Crippen LogP contribution in [0.1, 0.15) is 15.9 Å². The molecule has 1 aromatic carbocycles. The van der Waals surface area contributed by atoms with Gasteiger partial charge in [-0.2, -0.15) is 0 Å². The topological polar surface area (TPSA) is 94.3 Å². The van der Waals surface area contributed by atoms with Crippen molar-refractivity contribution in [3.8, 4) is 5.75 Å². The van der Waals surface area contributed by atoms with Crippen LogP contribution in [-0.4, -0.2) is 29.9 Å². The molecule has 0 aliphatic carbocycles. The molecule has 0 unspecified atom stereocenters. The van der Waals surface area contributed by atoms with Gasteiger partial charge in [0.15, 0.2) is 0 Å². The first-order valence-electron chi connectivity index (χ1n) is 6.84. The molecule has 3 N–H and O–H groups in total. The van der Waals surface area contributed by atoms with Crippen molar-refractivity contribution in [2.45, 2.75) is 12.5 Å². The summed E-state index contributed by atoms with van der Waals surface area (Å²) >= 11 is 6.06. The molecule has 0 spiro atoms. The number of nitrogens with zero attached hydrogens (tertiary/aromatic N) is 1. The van der Waals surface area contributed by atoms with Crippen molar-refractivity contribution in [1.82, 2.24) is 10.3 Å². The average molecular weight is 334 g/mol. The number of rotatable bonds is 6. The lowest BCUT2D eigenvalue weighted by molar-refractivity contribution is -0.119. The molecule has 1 aromatic heterocycles. The number of amides is 2. The van der Waals surface area contributed by atoms with Gasteiger partial charge in [-0.25, -0.2) is 0 Å². The maximum Gasteiger partial charge on any atom is 0.252 e. The van der Waals surface area contributed by atoms with Crippen LogP contribution in [0.4, 0.5) is 0 Å². The first kappa shape index (κ1) is 16.8. The fourth-order valence-electron chi connectivity index (χ4n) is 2.04. The highest BCUT2D eigenvalue weighted by molar-refractivity contribution is 6.32. The van der Waals surface area contributed by atoms with Crippen molar-refractivity contribution in [1.29, 1.82) is 0 Å². The first-order valence-corrected chi connectivity index (χ1v) is 7.21. The zero-order chi connectivity index (χ0) is 16.8. The number of primary amides is 1. The minimum atomic E-state index is -0.847. The largest absolute Gasteiger partial charge is 0.495 e. The molecule has 1 atom stereocenters. The van der Waals surface area contributed by atoms with Crippen LogP contribution in [0.5, 0.6) is 5.75 Å². The molecule has 0 saturated heterocycles. The van der Waals surface area contributed by atoms with Gasteiger partial charge in [0.2, 0.25) is 5.91 Å². The zero-order valence-corrected chi connectivity index (χ0v) is 13.2. The molecule has 2 rings (SSSR count). The van der Waals surface area contributed by atoms with Crippen molar-refractivity contribution in [2.24, 2.45) is 5.73 Å². The number of benzene rings is 1. The molecular formula is C16H16ClN3O3. The van der Waals surface area contributed by atoms with Crippen LogP contribution < -0.4 is 15.8 Å². The second kappa shape index (κ2) is 7.60. The Hall–Kier alpha value is -2.60. The van der Waals surface area contributed by atoms with E-state index in [0.29, 0.717) is 16.3 Å². The third-order valence-corrected chi connectivity index (χ3v) is 3.54. The van der Waals surface area contributed by atoms with E-state index in [0.717, 1.165) is 5.56 Å². The van der Waals surface area contributed by atoms with E-state index in [-0.39, 0.29) is 6.42 Å². The second-order valence-corrected chi connectivity index (χ2v) is 5.24. The van der Waals surface area contributed by atoms with Crippen LogP contribution in [-0.2, 0) is 11.2 Å². The molecule has 1 heterocycles. The fourth-order valence-corrected chi connectivity index (χ4v) is 2.32. The third-order valence-electron chi connectivity index (χ3n) is 3.25. The Morgan fingerprint density at radius 1 is 1.30 bits per heavy atom. The molecule has 2 aromatic rings. The molecule has 0 fully saturated rings. The molecule has 120 valence electrons. The van der Waals surface area contributed by atoms with Gasteiger partial charge >= 0.3 is 0 Å². The van der Waals surface area contributed by atoms with Gasteiger partial charge in [0.1, 0.15) is 11.8 Å². The molecule has 6 nitrogen and oxygen atoms in total. The summed E-state index contributed by atoms with van der Waals surface area (Å²) in [5.41, 5.74) is 6.54. The first-order chi connectivity index (χ1) is 11.0. The van der Waals surface area contributed by atoms with E-state index in [1.54, 1.807) is 30.3 Å². The van der Waals surface area contributed by atoms with Gasteiger partial charge in [-0.05, 0) is 29.8 Å². The highest BCUT2D eigenvalue weighted by Gasteiger charge is 2.20. The summed E-state index contributed by atoms with van der Waals surface area (Å²) < 4.78 is 5.08. The number of carbonyl (C=O) groups is 2. The summed E-state index contributed by atoms with van der Waals surface area (Å²) in [5, 5.41) is 3.04. The highest BCUT2D eigenvalue weighted by atomic mass is 35.5. The zero-order valence-electron chi connectivity index (χ0n) is 12.5. The summed E-state index contributed by atoms with van der Waals surface area (Å²) in [4.78, 5) is 27.6. The van der Waals surface area contributed by atoms with Crippen molar-refractivity contribution in [3.05, 3.63) is 58.9 Å². The van der Waals surface area contributed by atoms with E-state index in [1.807, 2.05) is 0 Å². The maximum absolute atomic E-state index is 12.1. The van der Waals surface area contributed by atoms with Gasteiger partial charge in [-0.15, -0.1) is 0 Å². The number of halogens is 1. The van der Waals surface area contributed by atoms with E-state index in [2.05, 4.69) is 10.3 Å². The van der Waals surface area contributed by atoms with Gasteiger partial charge in [0.05, 0.1) is 12.1 Å². The molecule has 0 aliphatic rings. The highest BCUT2D eigenvalue weighted by Crippen LogP contribution is 2.25. The predicted octanol–water partition coefficient (Wildman–Crippen LogP) is 1.57. The Morgan fingerprint density at radius 3 is 2.57 bits per heavy atom. The van der Waals surface area contributed by atoms with Crippen LogP contribution >= 0.6 is 11.6 Å². The van der Waals surface area contributed by atoms with Gasteiger partial charge in [0.25, 0.3) is 5.91 Å². The quantitative estimate of drug-likeness (QED) is 0.839. The fraction of sp³-hybridized carbons (Fsp3) is 0.188. The van der Waals surface area contributed by atoms with Crippen LogP contribution in [0.25, 0.3) is 0 Å². The Morgan fingerprint density at radius 2 is 2.00 bits per heavy atom. The van der Waals surface area contributed by atoms with E-state index < -0.39 is 17.9 Å². The monoisotopic (exact) mass is 333 g/mol. The van der Waals surface area contributed by atoms with Gasteiger partial charge in [-0.1, -0.05) is 17.7 Å². The molecule has 0 bridgehead atoms. The molecule has 2 amide bonds. The SMILES string of the molecule is COc1ccc(C[C@@H](NC(=O)c2ccncc2)C(N)=O)cc1Cl. The minimum absolute atomic E-state index is 0.232. The number of ether oxygens (including phenoxy) is 1. The molecule has 7 heteroatoms. The summed E-state index contributed by atoms with van der Waals surface area (Å²) in [5.74, 6) is -0.484. The molecule has 0 aliphatic heterocycles. The summed E-state index contributed by atoms with van der Waals surface area (Å²) in [6.45, 7) is 0. The van der Waals surface area contributed by atoms with Crippen LogP contribution in [0.2, 0.25) is 5.02 Å². The number of methoxy groups -OCH3 is 1. The van der Waals surface area contributed by atoms with Crippen molar-refractivity contribution >= 4 is 23.4 Å². The lowest BCUT2D eigenvalue weighted by Crippen LogP contribution is -2.45. The number of carbonyl (C=O) groups excluding carboxylic acids is 2. The van der Waals surface area contributed by atoms with E-state index in [9.17, 15) is 9.59 Å². The molecular weight excluding hydrogens is 318 g/mol. The van der Waals surface area contributed by atoms with Gasteiger partial charge < -0.3 is 15.8 Å². The number of aromatic nitrogens is 1. The number of hydrogen-bond donors (Lipinski definition) is 2. The van der Waals surface area contributed by atoms with Crippen molar-refractivity contribution < 1.29 is 14.3 Å². The Bertz CT molecular complexity index is 707. The van der Waals surface area contributed by atoms with E-state index in [4.69, 9.17) is 22.1 Å². The van der Waals surface area contributed by atoms with Crippen LogP contribution in [0, 0.1) is 0 Å². The van der Waals surface area contributed by atoms with Crippen LogP contribution in [0.3, 0.4) is 0 Å². The summed E-state index contributed by atoms with van der Waals surface area (Å²) in [6.07, 6.45) is 3.23. The third kappa shape index (κ3) is 4.43. The van der Waals surface area contributed by atoms with Crippen molar-refractivity contribution in [2.75, 3.05) is 7.11 Å². The number of nitrogens with two attached hydrogens (primary N) is 1. The predicted molar refractivity (Wildman–Crippen MR) is 86.4 cm³/mol. The smallest absolute Gasteiger partial charge is 0.252 e. The molecule has 23 heavy (non-hydrogen) atoms. The van der Waals surface area contributed by atoms with Crippen LogP contribution in [0.15, 0.2) is 42.7 Å². The number of pyridine rings is 1.